The zero-order valence-corrected chi connectivity index (χ0v) is 46.3. The van der Waals surface area contributed by atoms with Gasteiger partial charge in [-0.25, -0.2) is 33.4 Å². The number of H-pyrrole nitrogens is 2. The molecule has 9 rings (SSSR count). The molecule has 9 heterocycles. The highest BCUT2D eigenvalue weighted by Crippen LogP contribution is 2.63. The second kappa shape index (κ2) is 23.5. The van der Waals surface area contributed by atoms with Crippen LogP contribution < -0.4 is 57.3 Å². The van der Waals surface area contributed by atoms with Gasteiger partial charge in [0.2, 0.25) is 11.9 Å². The zero-order chi connectivity index (χ0) is 58.7. The second-order valence-electron chi connectivity index (χ2n) is 18.2. The first-order valence-electron chi connectivity index (χ1n) is 23.6. The van der Waals surface area contributed by atoms with Gasteiger partial charge in [0.25, 0.3) is 34.6 Å². The molecule has 44 heteroatoms. The van der Waals surface area contributed by atoms with Gasteiger partial charge in [0.15, 0.2) is 47.1 Å². The number of anilines is 5. The molecule has 4 aliphatic rings. The number of nitrogen functional groups attached to an aromatic ring is 2. The van der Waals surface area contributed by atoms with Gasteiger partial charge < -0.3 is 98.4 Å². The summed E-state index contributed by atoms with van der Waals surface area (Å²) in [4.78, 5) is 114. The molecule has 0 bridgehead atoms. The molecule has 3 fully saturated rings. The molecule has 5 aromatic heterocycles. The molecule has 0 saturated carbocycles. The molecule has 16 atom stereocenters. The van der Waals surface area contributed by atoms with Crippen molar-refractivity contribution in [2.24, 2.45) is 0 Å². The summed E-state index contributed by atoms with van der Waals surface area (Å²) in [5.41, 5.74) is 10.2. The number of rotatable bonds is 24. The number of aliphatic hydroxyl groups is 2. The Hall–Kier alpha value is -5.06. The number of aromatic amines is 2. The second-order valence-corrected chi connectivity index (χ2v) is 24.0. The molecule has 0 radical (unpaired) electrons. The highest BCUT2D eigenvalue weighted by atomic mass is 31.3. The maximum absolute atomic E-state index is 13.8. The minimum Gasteiger partial charge on any atom is -0.756 e. The van der Waals surface area contributed by atoms with Crippen LogP contribution in [0.15, 0.2) is 28.6 Å². The quantitative estimate of drug-likeness (QED) is 0.0174. The van der Waals surface area contributed by atoms with Crippen molar-refractivity contribution in [2.45, 2.75) is 93.6 Å². The monoisotopic (exact) mass is 1230 g/mol. The average molecular weight is 1230 g/mol. The van der Waals surface area contributed by atoms with Crippen molar-refractivity contribution in [3.63, 3.8) is 0 Å². The summed E-state index contributed by atoms with van der Waals surface area (Å²) in [5, 5.41) is 25.3. The number of fused-ring (bicyclic) bond motifs is 3. The predicted molar refractivity (Wildman–Crippen MR) is 259 cm³/mol. The minimum atomic E-state index is -6.55. The molecule has 40 nitrogen and oxygen atoms in total. The number of nitrogens with two attached hydrogens (primary N) is 2. The maximum Gasteiger partial charge on any atom is 0.304 e. The van der Waals surface area contributed by atoms with Crippen LogP contribution in [-0.2, 0) is 78.4 Å². The number of nitrogens with one attached hydrogen (secondary N) is 3. The largest absolute Gasteiger partial charge is 0.756 e. The first-order chi connectivity index (χ1) is 38.1. The summed E-state index contributed by atoms with van der Waals surface area (Å²) in [6.07, 6.45) is -15.1. The molecular formula is C37H51N15O25P4-4. The van der Waals surface area contributed by atoms with Crippen LogP contribution >= 0.6 is 31.3 Å². The van der Waals surface area contributed by atoms with Crippen LogP contribution in [0, 0.1) is 0 Å². The molecule has 0 spiro atoms. The van der Waals surface area contributed by atoms with Gasteiger partial charge in [0, 0.05) is 28.3 Å². The molecule has 3 saturated heterocycles. The van der Waals surface area contributed by atoms with Gasteiger partial charge in [-0.1, -0.05) is 0 Å². The Kier molecular flexibility index (Phi) is 17.6. The van der Waals surface area contributed by atoms with Gasteiger partial charge in [-0.3, -0.25) is 47.0 Å². The SMILES string of the molecule is CNc1ncnc2c1ncn2[C@@H]1O[C@H](COOP(=O)([O-])OP(=O)([O-])OP(=O)([O-])OC[C@H]2O[C@@H](N3CN(C)c4c3nc(N)[nH]c4=O)C(O)[C@H]2OC)C(OP(=O)([O-])OC[C@H]2O[C@@H](n3cnc4c(=O)[nH]c(N)nc43)[C@@H](O)C2OC(C)C)[C@@H]1OC. The minimum absolute atomic E-state index is 0.00806. The summed E-state index contributed by atoms with van der Waals surface area (Å²) in [6, 6.07) is 0. The van der Waals surface area contributed by atoms with E-state index in [0.717, 1.165) is 26.9 Å². The van der Waals surface area contributed by atoms with Gasteiger partial charge in [-0.05, 0) is 13.8 Å². The lowest BCUT2D eigenvalue weighted by Gasteiger charge is -2.34. The fourth-order valence-corrected chi connectivity index (χ4v) is 13.4. The van der Waals surface area contributed by atoms with E-state index in [2.05, 4.69) is 63.0 Å². The van der Waals surface area contributed by atoms with Crippen LogP contribution in [0.4, 0.5) is 29.2 Å². The van der Waals surface area contributed by atoms with Gasteiger partial charge in [0.05, 0.1) is 38.6 Å². The van der Waals surface area contributed by atoms with Crippen LogP contribution in [0.1, 0.15) is 26.3 Å². The molecule has 81 heavy (non-hydrogen) atoms. The number of ether oxygens (including phenoxy) is 6. The van der Waals surface area contributed by atoms with Crippen molar-refractivity contribution in [3.8, 4) is 0 Å². The third-order valence-corrected chi connectivity index (χ3v) is 17.4. The van der Waals surface area contributed by atoms with Crippen molar-refractivity contribution in [2.75, 3.05) is 81.4 Å². The predicted octanol–water partition coefficient (Wildman–Crippen LogP) is -4.50. The molecule has 448 valence electrons. The fourth-order valence-electron chi connectivity index (χ4n) is 9.31. The Labute approximate surface area is 453 Å². The first kappa shape index (κ1) is 60.5. The van der Waals surface area contributed by atoms with Crippen molar-refractivity contribution in [1.82, 2.24) is 49.0 Å². The average Bonchev–Trinajstić information content (AvgIpc) is 4.38. The van der Waals surface area contributed by atoms with Crippen LogP contribution in [0.2, 0.25) is 0 Å². The smallest absolute Gasteiger partial charge is 0.304 e. The number of phosphoric acid groups is 4. The highest BCUT2D eigenvalue weighted by Gasteiger charge is 2.52. The fraction of sp³-hybridized carbons (Fsp3) is 0.622. The normalized spacial score (nSPS) is 29.8. The summed E-state index contributed by atoms with van der Waals surface area (Å²) >= 11 is 0. The lowest BCUT2D eigenvalue weighted by atomic mass is 10.1. The maximum atomic E-state index is 13.8. The van der Waals surface area contributed by atoms with E-state index in [1.165, 1.54) is 32.3 Å². The zero-order valence-electron chi connectivity index (χ0n) is 42.8. The van der Waals surface area contributed by atoms with Crippen molar-refractivity contribution in [1.29, 1.82) is 0 Å². The van der Waals surface area contributed by atoms with E-state index in [9.17, 15) is 57.6 Å². The molecular weight excluding hydrogens is 1180 g/mol. The number of aliphatic hydroxyl groups excluding tert-OH is 2. The lowest BCUT2D eigenvalue weighted by Crippen LogP contribution is -2.46. The molecule has 0 amide bonds. The molecule has 0 aromatic carbocycles. The van der Waals surface area contributed by atoms with Gasteiger partial charge in [-0.15, -0.1) is 0 Å². The van der Waals surface area contributed by atoms with Gasteiger partial charge >= 0.3 is 7.82 Å². The van der Waals surface area contributed by atoms with Gasteiger partial charge in [-0.2, -0.15) is 14.6 Å². The van der Waals surface area contributed by atoms with Crippen molar-refractivity contribution in [3.05, 3.63) is 39.7 Å². The van der Waals surface area contributed by atoms with E-state index in [4.69, 9.17) is 53.8 Å². The van der Waals surface area contributed by atoms with Crippen LogP contribution in [0.25, 0.3) is 22.3 Å². The Balaban J connectivity index is 0.859. The number of hydrogen-bond acceptors (Lipinski definition) is 36. The van der Waals surface area contributed by atoms with Gasteiger partial charge in [0.1, 0.15) is 79.1 Å². The van der Waals surface area contributed by atoms with Crippen molar-refractivity contribution < 1.29 is 108 Å². The standard InChI is InChI=1S/C37H55N15O25P4/c1-14(2)70-24-17(72-33(22(24)54)51-12-44-19-29(51)45-36(38)47-31(19)55)9-68-78(57,58)74-25-15(73-35(26(25)66-6)50-11-43-18-27(40-3)41-10-42-28(18)50)7-67-75-80(61,62)77-81(63,64)76-79(59,60)69-8-16-23(65-5)21(53)34(71-16)52-13-49(4)20-30(52)46-37(39)48-32(20)56/h10-12,14-17,21-26,33-35,53-54H,7-9,13H2,1-6H3,(H,57,58)(H,59,60)(H,61,62)(H,63,64)(H,40,41,42)(H3,38,45,47,55)(H3,39,46,48,56)/p-4/t15-,16-,17-,21?,22+,23+,24?,25?,26+,33-,34-,35-/m1/s1. The number of aromatic nitrogens is 10. The number of imidazole rings is 2. The van der Waals surface area contributed by atoms with E-state index in [1.807, 2.05) is 0 Å². The number of methoxy groups -OCH3 is 2. The highest BCUT2D eigenvalue weighted by molar-refractivity contribution is 7.65. The third kappa shape index (κ3) is 12.7. The number of phosphoric ester groups is 2. The Morgan fingerprint density at radius 1 is 0.728 bits per heavy atom. The molecule has 0 aliphatic carbocycles. The van der Waals surface area contributed by atoms with Crippen LogP contribution in [0.5, 0.6) is 0 Å². The molecule has 5 aromatic rings. The Morgan fingerprint density at radius 3 is 1.99 bits per heavy atom. The van der Waals surface area contributed by atoms with E-state index < -0.39 is 142 Å². The topological polar surface area (TPSA) is 544 Å². The van der Waals surface area contributed by atoms with Crippen LogP contribution in [-0.4, -0.2) is 181 Å². The van der Waals surface area contributed by atoms with E-state index in [1.54, 1.807) is 20.9 Å². The molecule has 7 unspecified atom stereocenters. The third-order valence-electron chi connectivity index (χ3n) is 12.5. The summed E-state index contributed by atoms with van der Waals surface area (Å²) in [5.74, 6) is -0.311. The number of nitrogens with zero attached hydrogens (tertiary/aromatic N) is 10. The molecule has 9 N–H and O–H groups in total. The van der Waals surface area contributed by atoms with Crippen LogP contribution in [0.3, 0.4) is 0 Å². The Morgan fingerprint density at radius 2 is 1.31 bits per heavy atom. The Bertz CT molecular complexity index is 3430. The molecule has 4 aliphatic heterocycles. The van der Waals surface area contributed by atoms with E-state index in [0.29, 0.717) is 0 Å². The van der Waals surface area contributed by atoms with E-state index >= 15 is 0 Å². The summed E-state index contributed by atoms with van der Waals surface area (Å²) in [7, 11) is -19.4. The van der Waals surface area contributed by atoms with E-state index in [-0.39, 0.29) is 58.2 Å². The van der Waals surface area contributed by atoms with Crippen molar-refractivity contribution >= 4 is 82.8 Å². The first-order valence-corrected chi connectivity index (χ1v) is 29.4. The lowest BCUT2D eigenvalue weighted by molar-refractivity contribution is -0.314. The summed E-state index contributed by atoms with van der Waals surface area (Å²) < 4.78 is 117. The number of hydrogen-bond donors (Lipinski definition) is 7. The summed E-state index contributed by atoms with van der Waals surface area (Å²) in [6.45, 7) is -0.0200.